The van der Waals surface area contributed by atoms with Gasteiger partial charge in [0, 0.05) is 43.4 Å². The lowest BCUT2D eigenvalue weighted by Crippen LogP contribution is -2.43. The summed E-state index contributed by atoms with van der Waals surface area (Å²) in [6.45, 7) is 58.6. The van der Waals surface area contributed by atoms with Crippen LogP contribution in [0.25, 0.3) is 52.5 Å². The van der Waals surface area contributed by atoms with Gasteiger partial charge in [0.05, 0.1) is 20.5 Å². The van der Waals surface area contributed by atoms with Crippen molar-refractivity contribution in [2.45, 2.75) is 233 Å². The third-order valence-corrected chi connectivity index (χ3v) is 45.4. The molecule has 0 spiro atoms. The highest BCUT2D eigenvalue weighted by molar-refractivity contribution is 7.18. The van der Waals surface area contributed by atoms with Crippen LogP contribution in [0.4, 0.5) is 0 Å². The van der Waals surface area contributed by atoms with Crippen molar-refractivity contribution in [2.24, 2.45) is 0 Å². The first-order valence-corrected chi connectivity index (χ1v) is 38.0. The van der Waals surface area contributed by atoms with E-state index in [2.05, 4.69) is 247 Å². The number of thiophene rings is 2. The Bertz CT molecular complexity index is 2830. The van der Waals surface area contributed by atoms with Crippen LogP contribution in [0, 0.1) is 45.9 Å². The Morgan fingerprint density at radius 1 is 0.300 bits per heavy atom. The second-order valence-electron chi connectivity index (χ2n) is 25.1. The fourth-order valence-electron chi connectivity index (χ4n) is 15.1. The summed E-state index contributed by atoms with van der Waals surface area (Å²) < 4.78 is 2.58. The van der Waals surface area contributed by atoms with Gasteiger partial charge in [0.1, 0.15) is 32.3 Å². The highest BCUT2D eigenvalue weighted by Crippen LogP contribution is 2.51. The highest BCUT2D eigenvalue weighted by atomic mass is 32.1. The minimum atomic E-state index is -2.13. The molecule has 0 amide bonds. The first-order valence-electron chi connectivity index (χ1n) is 27.3. The van der Waals surface area contributed by atoms with Crippen molar-refractivity contribution in [1.29, 1.82) is 0 Å². The van der Waals surface area contributed by atoms with Crippen molar-refractivity contribution in [2.75, 3.05) is 0 Å². The van der Waals surface area contributed by atoms with Crippen LogP contribution < -0.4 is 0 Å². The summed E-state index contributed by atoms with van der Waals surface area (Å²) in [7, 11) is -8.51. The molecule has 6 heteroatoms. The van der Waals surface area contributed by atoms with Crippen molar-refractivity contribution in [3.8, 4) is 45.9 Å². The molecule has 0 unspecified atom stereocenters. The van der Waals surface area contributed by atoms with Gasteiger partial charge in [-0.25, -0.2) is 0 Å². The molecule has 0 aliphatic rings. The number of benzene rings is 4. The summed E-state index contributed by atoms with van der Waals surface area (Å²) in [6.07, 6.45) is 0. The first-order chi connectivity index (χ1) is 32.6. The molecule has 374 valence electrons. The minimum Gasteiger partial charge on any atom is -0.142 e. The molecule has 0 bridgehead atoms. The van der Waals surface area contributed by atoms with Crippen LogP contribution in [0.5, 0.6) is 0 Å². The number of rotatable bonds is 12. The van der Waals surface area contributed by atoms with E-state index in [0.29, 0.717) is 66.5 Å². The Morgan fingerprint density at radius 3 is 0.757 bits per heavy atom. The van der Waals surface area contributed by atoms with Gasteiger partial charge in [-0.2, -0.15) is 0 Å². The molecule has 6 aromatic rings. The van der Waals surface area contributed by atoms with Crippen molar-refractivity contribution in [3.63, 3.8) is 0 Å². The van der Waals surface area contributed by atoms with Crippen molar-refractivity contribution < 1.29 is 0 Å². The van der Waals surface area contributed by atoms with E-state index < -0.39 is 32.3 Å². The Labute approximate surface area is 440 Å². The van der Waals surface area contributed by atoms with Gasteiger partial charge in [-0.15, -0.1) is 44.8 Å². The third kappa shape index (κ3) is 8.88. The molecule has 2 heterocycles. The normalized spacial score (nSPS) is 13.4. The standard InChI is InChI=1S/C64H90S2Si4/c1-39(2)67(40(3)4,41(5)6)33-27-51-37-57-53-25-31-66-64(53)56(30-36-70(48(19)20,49(21)22)50(23)24)60-52(28-34-68(42(7)8,43(9)10)44(11)12)38-58-54-26-32-65-63(54)55(59(51)61(58)62(57)60)29-35-69(45(13)14,46(15)16)47(17)18/h25-26,31-32,37-50H,1-24H3. The molecule has 0 aliphatic heterocycles. The van der Waals surface area contributed by atoms with E-state index >= 15 is 0 Å². The second kappa shape index (κ2) is 21.1. The maximum atomic E-state index is 4.27. The lowest BCUT2D eigenvalue weighted by Gasteiger charge is -2.38. The van der Waals surface area contributed by atoms with E-state index in [1.165, 1.54) is 63.6 Å². The molecular weight excluding hydrogens is 945 g/mol. The van der Waals surface area contributed by atoms with Gasteiger partial charge in [-0.05, 0) is 112 Å². The molecule has 0 saturated heterocycles. The predicted molar refractivity (Wildman–Crippen MR) is 333 cm³/mol. The van der Waals surface area contributed by atoms with Crippen LogP contribution in [-0.2, 0) is 0 Å². The van der Waals surface area contributed by atoms with Crippen LogP contribution in [0.2, 0.25) is 66.5 Å². The molecule has 0 aliphatic carbocycles. The number of hydrogen-bond donors (Lipinski definition) is 0. The molecule has 0 fully saturated rings. The molecule has 0 radical (unpaired) electrons. The lowest BCUT2D eigenvalue weighted by atomic mass is 9.83. The fourth-order valence-corrected chi connectivity index (χ4v) is 37.8. The maximum Gasteiger partial charge on any atom is 0.146 e. The summed E-state index contributed by atoms with van der Waals surface area (Å²) in [4.78, 5) is 0. The summed E-state index contributed by atoms with van der Waals surface area (Å²) in [6, 6.07) is 9.81. The maximum absolute atomic E-state index is 4.27. The monoisotopic (exact) mass is 1030 g/mol. The van der Waals surface area contributed by atoms with E-state index in [1.54, 1.807) is 0 Å². The molecular formula is C64H90S2Si4. The number of fused-ring (bicyclic) bond motifs is 4. The average Bonchev–Trinajstić information content (AvgIpc) is 3.95. The minimum absolute atomic E-state index is 0.524. The third-order valence-electron chi connectivity index (χ3n) is 18.4. The predicted octanol–water partition coefficient (Wildman–Crippen LogP) is 21.3. The van der Waals surface area contributed by atoms with Crippen LogP contribution >= 0.6 is 22.7 Å². The van der Waals surface area contributed by atoms with Gasteiger partial charge < -0.3 is 0 Å². The Balaban J connectivity index is 2.04. The van der Waals surface area contributed by atoms with Gasteiger partial charge >= 0.3 is 0 Å². The summed E-state index contributed by atoms with van der Waals surface area (Å²) >= 11 is 3.73. The van der Waals surface area contributed by atoms with Crippen molar-refractivity contribution in [1.82, 2.24) is 0 Å². The smallest absolute Gasteiger partial charge is 0.142 e. The van der Waals surface area contributed by atoms with Crippen molar-refractivity contribution >= 4 is 107 Å². The molecule has 0 nitrogen and oxygen atoms in total. The quantitative estimate of drug-likeness (QED) is 0.0651. The van der Waals surface area contributed by atoms with Gasteiger partial charge in [0.2, 0.25) is 0 Å². The summed E-state index contributed by atoms with van der Waals surface area (Å²) in [5.74, 6) is 16.6. The summed E-state index contributed by atoms with van der Waals surface area (Å²) in [5, 5.41) is 14.9. The van der Waals surface area contributed by atoms with Gasteiger partial charge in [0.25, 0.3) is 0 Å². The summed E-state index contributed by atoms with van der Waals surface area (Å²) in [5.41, 5.74) is 28.0. The highest BCUT2D eigenvalue weighted by Gasteiger charge is 2.45. The Kier molecular flexibility index (Phi) is 16.9. The van der Waals surface area contributed by atoms with Crippen LogP contribution in [0.3, 0.4) is 0 Å². The fraction of sp³-hybridized carbons (Fsp3) is 0.562. The van der Waals surface area contributed by atoms with E-state index in [9.17, 15) is 0 Å². The molecule has 4 aromatic carbocycles. The largest absolute Gasteiger partial charge is 0.146 e. The average molecular weight is 1040 g/mol. The molecule has 0 saturated carbocycles. The molecule has 70 heavy (non-hydrogen) atoms. The lowest BCUT2D eigenvalue weighted by molar-refractivity contribution is 0.838. The molecule has 0 atom stereocenters. The molecule has 0 N–H and O–H groups in total. The van der Waals surface area contributed by atoms with Crippen LogP contribution in [-0.4, -0.2) is 32.3 Å². The van der Waals surface area contributed by atoms with E-state index in [1.807, 2.05) is 22.7 Å². The van der Waals surface area contributed by atoms with Crippen LogP contribution in [0.15, 0.2) is 35.0 Å². The van der Waals surface area contributed by atoms with E-state index in [0.717, 1.165) is 11.1 Å². The zero-order valence-corrected chi connectivity index (χ0v) is 53.8. The second-order valence-corrected chi connectivity index (χ2v) is 49.3. The molecule has 6 rings (SSSR count). The van der Waals surface area contributed by atoms with E-state index in [4.69, 9.17) is 0 Å². The van der Waals surface area contributed by atoms with Crippen LogP contribution in [0.1, 0.15) is 188 Å². The van der Waals surface area contributed by atoms with E-state index in [-0.39, 0.29) is 0 Å². The number of hydrogen-bond acceptors (Lipinski definition) is 2. The van der Waals surface area contributed by atoms with Crippen molar-refractivity contribution in [3.05, 3.63) is 57.3 Å². The Hall–Kier alpha value is -3.05. The molecule has 2 aromatic heterocycles. The Morgan fingerprint density at radius 2 is 0.529 bits per heavy atom. The van der Waals surface area contributed by atoms with Gasteiger partial charge in [-0.1, -0.05) is 190 Å². The van der Waals surface area contributed by atoms with Gasteiger partial charge in [0.15, 0.2) is 0 Å². The zero-order chi connectivity index (χ0) is 52.3. The first kappa shape index (κ1) is 56.2. The van der Waals surface area contributed by atoms with Gasteiger partial charge in [-0.3, -0.25) is 0 Å². The topological polar surface area (TPSA) is 0 Å². The SMILES string of the molecule is CC(C)[Si](C#Cc1cc2c3ccsc3c(C#C[Si](C(C)C)(C(C)C)C(C)C)c3c(C#C[Si](C(C)C)(C(C)C)C(C)C)cc4c5ccsc5c(C#C[Si](C(C)C)(C(C)C)C(C)C)c1c4c32)(C(C)C)C(C)C. The zero-order valence-electron chi connectivity index (χ0n) is 48.2.